The van der Waals surface area contributed by atoms with Gasteiger partial charge in [-0.1, -0.05) is 23.2 Å². The highest BCUT2D eigenvalue weighted by atomic mass is 35.5. The zero-order chi connectivity index (χ0) is 20.0. The maximum absolute atomic E-state index is 12.2. The van der Waals surface area contributed by atoms with Crippen molar-refractivity contribution in [3.05, 3.63) is 58.1 Å². The van der Waals surface area contributed by atoms with Gasteiger partial charge in [0.25, 0.3) is 0 Å². The Kier molecular flexibility index (Phi) is 7.18. The van der Waals surface area contributed by atoms with E-state index in [-0.39, 0.29) is 24.2 Å². The highest BCUT2D eigenvalue weighted by Gasteiger charge is 2.15. The van der Waals surface area contributed by atoms with E-state index >= 15 is 0 Å². The zero-order valence-electron chi connectivity index (χ0n) is 13.9. The predicted molar refractivity (Wildman–Crippen MR) is 101 cm³/mol. The lowest BCUT2D eigenvalue weighted by Gasteiger charge is -2.11. The third-order valence-corrected chi connectivity index (χ3v) is 3.88. The highest BCUT2D eigenvalue weighted by Crippen LogP contribution is 2.25. The van der Waals surface area contributed by atoms with Crippen LogP contribution in [0.5, 0.6) is 5.75 Å². The van der Waals surface area contributed by atoms with Crippen LogP contribution in [0.1, 0.15) is 23.2 Å². The second-order valence-electron chi connectivity index (χ2n) is 5.60. The van der Waals surface area contributed by atoms with Crippen LogP contribution in [-0.2, 0) is 9.59 Å². The number of esters is 1. The first-order valence-corrected chi connectivity index (χ1v) is 8.57. The summed E-state index contributed by atoms with van der Waals surface area (Å²) in [5, 5.41) is 11.8. The first-order chi connectivity index (χ1) is 12.7. The molecule has 0 aliphatic carbocycles. The molecule has 0 heterocycles. The van der Waals surface area contributed by atoms with Gasteiger partial charge in [-0.2, -0.15) is 0 Å². The second kappa shape index (κ2) is 9.36. The van der Waals surface area contributed by atoms with Crippen LogP contribution in [0.15, 0.2) is 42.5 Å². The smallest absolute Gasteiger partial charge is 0.343 e. The Labute approximate surface area is 165 Å². The van der Waals surface area contributed by atoms with Crippen LogP contribution in [0.4, 0.5) is 5.69 Å². The molecule has 0 radical (unpaired) electrons. The maximum atomic E-state index is 12.2. The predicted octanol–water partition coefficient (Wildman–Crippen LogP) is 3.34. The molecule has 2 aromatic carbocycles. The molecule has 1 amide bonds. The van der Waals surface area contributed by atoms with Gasteiger partial charge in [0, 0.05) is 22.2 Å². The van der Waals surface area contributed by atoms with E-state index in [0.717, 1.165) is 0 Å². The number of benzene rings is 2. The molecule has 27 heavy (non-hydrogen) atoms. The van der Waals surface area contributed by atoms with Gasteiger partial charge in [-0.25, -0.2) is 4.79 Å². The molecule has 7 nitrogen and oxygen atoms in total. The molecule has 142 valence electrons. The third-order valence-electron chi connectivity index (χ3n) is 3.44. The largest absolute Gasteiger partial charge is 0.481 e. The van der Waals surface area contributed by atoms with E-state index in [0.29, 0.717) is 15.7 Å². The zero-order valence-corrected chi connectivity index (χ0v) is 15.5. The van der Waals surface area contributed by atoms with Crippen molar-refractivity contribution in [3.8, 4) is 5.75 Å². The molecule has 9 heteroatoms. The minimum atomic E-state index is -1.03. The van der Waals surface area contributed by atoms with Gasteiger partial charge in [0.1, 0.15) is 5.75 Å². The lowest BCUT2D eigenvalue weighted by molar-refractivity contribution is -0.137. The number of aliphatic carboxylic acids is 1. The SMILES string of the molecule is N[C@@H](CCC(=O)O)C(=O)Nc1ccc(C(=O)Oc2cc(Cl)cc(Cl)c2)cc1. The molecule has 0 unspecified atom stereocenters. The lowest BCUT2D eigenvalue weighted by Crippen LogP contribution is -2.36. The third kappa shape index (κ3) is 6.56. The number of ether oxygens (including phenoxy) is 1. The summed E-state index contributed by atoms with van der Waals surface area (Å²) >= 11 is 11.7. The summed E-state index contributed by atoms with van der Waals surface area (Å²) in [6.45, 7) is 0. The van der Waals surface area contributed by atoms with E-state index in [1.54, 1.807) is 0 Å². The minimum absolute atomic E-state index is 0.0216. The van der Waals surface area contributed by atoms with Gasteiger partial charge < -0.3 is 20.9 Å². The summed E-state index contributed by atoms with van der Waals surface area (Å²) < 4.78 is 5.20. The number of carboxylic acids is 1. The maximum Gasteiger partial charge on any atom is 0.343 e. The highest BCUT2D eigenvalue weighted by molar-refractivity contribution is 6.34. The van der Waals surface area contributed by atoms with Crippen LogP contribution in [0.2, 0.25) is 10.0 Å². The van der Waals surface area contributed by atoms with E-state index in [9.17, 15) is 14.4 Å². The molecule has 0 saturated heterocycles. The Balaban J connectivity index is 1.96. The quantitative estimate of drug-likeness (QED) is 0.475. The Morgan fingerprint density at radius 2 is 1.67 bits per heavy atom. The van der Waals surface area contributed by atoms with Crippen molar-refractivity contribution in [2.24, 2.45) is 5.73 Å². The lowest BCUT2D eigenvalue weighted by atomic mass is 10.1. The van der Waals surface area contributed by atoms with Crippen molar-refractivity contribution < 1.29 is 24.2 Å². The van der Waals surface area contributed by atoms with Crippen molar-refractivity contribution >= 4 is 46.7 Å². The van der Waals surface area contributed by atoms with Crippen molar-refractivity contribution in [2.45, 2.75) is 18.9 Å². The number of carboxylic acid groups (broad SMARTS) is 1. The van der Waals surface area contributed by atoms with Gasteiger partial charge in [0.05, 0.1) is 11.6 Å². The summed E-state index contributed by atoms with van der Waals surface area (Å²) in [7, 11) is 0. The Bertz CT molecular complexity index is 835. The number of amides is 1. The molecule has 2 rings (SSSR count). The van der Waals surface area contributed by atoms with Gasteiger partial charge in [-0.05, 0) is 48.9 Å². The van der Waals surface area contributed by atoms with Crippen LogP contribution in [0.3, 0.4) is 0 Å². The van der Waals surface area contributed by atoms with E-state index < -0.39 is 23.9 Å². The van der Waals surface area contributed by atoms with Gasteiger partial charge in [0.2, 0.25) is 5.91 Å². The molecule has 0 saturated carbocycles. The molecule has 0 aliphatic rings. The molecule has 0 bridgehead atoms. The summed E-state index contributed by atoms with van der Waals surface area (Å²) in [6, 6.07) is 9.42. The van der Waals surface area contributed by atoms with E-state index in [1.807, 2.05) is 0 Å². The second-order valence-corrected chi connectivity index (χ2v) is 6.47. The average molecular weight is 411 g/mol. The van der Waals surface area contributed by atoms with E-state index in [2.05, 4.69) is 5.32 Å². The fourth-order valence-corrected chi connectivity index (χ4v) is 2.59. The molecule has 0 fully saturated rings. The van der Waals surface area contributed by atoms with Crippen LogP contribution in [-0.4, -0.2) is 29.0 Å². The molecular formula is C18H16Cl2N2O5. The van der Waals surface area contributed by atoms with E-state index in [4.69, 9.17) is 38.8 Å². The Morgan fingerprint density at radius 1 is 1.07 bits per heavy atom. The van der Waals surface area contributed by atoms with Crippen LogP contribution >= 0.6 is 23.2 Å². The molecule has 1 atom stereocenters. The molecular weight excluding hydrogens is 395 g/mol. The molecule has 0 spiro atoms. The summed E-state index contributed by atoms with van der Waals surface area (Å²) in [5.74, 6) is -1.95. The molecule has 0 aliphatic heterocycles. The normalized spacial score (nSPS) is 11.5. The van der Waals surface area contributed by atoms with Crippen LogP contribution in [0.25, 0.3) is 0 Å². The Hall–Kier alpha value is -2.61. The number of carbonyl (C=O) groups excluding carboxylic acids is 2. The van der Waals surface area contributed by atoms with Crippen LogP contribution < -0.4 is 15.8 Å². The summed E-state index contributed by atoms with van der Waals surface area (Å²) in [4.78, 5) is 34.6. The number of rotatable bonds is 7. The average Bonchev–Trinajstić information content (AvgIpc) is 2.59. The first-order valence-electron chi connectivity index (χ1n) is 7.81. The molecule has 2 aromatic rings. The van der Waals surface area contributed by atoms with Crippen molar-refractivity contribution in [2.75, 3.05) is 5.32 Å². The van der Waals surface area contributed by atoms with Gasteiger partial charge >= 0.3 is 11.9 Å². The topological polar surface area (TPSA) is 119 Å². The number of hydrogen-bond acceptors (Lipinski definition) is 5. The molecule has 4 N–H and O–H groups in total. The monoisotopic (exact) mass is 410 g/mol. The fraction of sp³-hybridized carbons (Fsp3) is 0.167. The number of nitrogens with two attached hydrogens (primary N) is 1. The van der Waals surface area contributed by atoms with Gasteiger partial charge in [-0.3, -0.25) is 9.59 Å². The number of nitrogens with one attached hydrogen (secondary N) is 1. The van der Waals surface area contributed by atoms with E-state index in [1.165, 1.54) is 42.5 Å². The number of anilines is 1. The van der Waals surface area contributed by atoms with Crippen molar-refractivity contribution in [3.63, 3.8) is 0 Å². The minimum Gasteiger partial charge on any atom is -0.481 e. The van der Waals surface area contributed by atoms with Gasteiger partial charge in [0.15, 0.2) is 0 Å². The number of hydrogen-bond donors (Lipinski definition) is 3. The van der Waals surface area contributed by atoms with Crippen molar-refractivity contribution in [1.82, 2.24) is 0 Å². The fourth-order valence-electron chi connectivity index (χ4n) is 2.09. The summed E-state index contributed by atoms with van der Waals surface area (Å²) in [6.07, 6.45) is -0.180. The van der Waals surface area contributed by atoms with Gasteiger partial charge in [-0.15, -0.1) is 0 Å². The standard InChI is InChI=1S/C18H16Cl2N2O5/c19-11-7-12(20)9-14(8-11)27-18(26)10-1-3-13(4-2-10)22-17(25)15(21)5-6-16(23)24/h1-4,7-9,15H,5-6,21H2,(H,22,25)(H,23,24)/t15-/m0/s1. The Morgan fingerprint density at radius 3 is 2.22 bits per heavy atom. The summed E-state index contributed by atoms with van der Waals surface area (Å²) in [5.41, 5.74) is 6.29. The molecule has 0 aromatic heterocycles. The number of carbonyl (C=O) groups is 3. The number of halogens is 2. The first kappa shape index (κ1) is 20.7. The van der Waals surface area contributed by atoms with Crippen molar-refractivity contribution in [1.29, 1.82) is 0 Å². The van der Waals surface area contributed by atoms with Crippen LogP contribution in [0, 0.1) is 0 Å².